The third-order valence-electron chi connectivity index (χ3n) is 2.57. The van der Waals surface area contributed by atoms with Crippen molar-refractivity contribution in [2.24, 2.45) is 0 Å². The van der Waals surface area contributed by atoms with E-state index in [0.29, 0.717) is 0 Å². The lowest BCUT2D eigenvalue weighted by atomic mass is 10.2. The maximum absolute atomic E-state index is 5.91. The SMILES string of the molecule is Clc1ccc(CNCc2ccc(Br)cc2)c(Br)c1. The minimum atomic E-state index is 0.749. The molecule has 0 aromatic heterocycles. The van der Waals surface area contributed by atoms with Gasteiger partial charge in [0.15, 0.2) is 0 Å². The van der Waals surface area contributed by atoms with E-state index in [2.05, 4.69) is 61.4 Å². The summed E-state index contributed by atoms with van der Waals surface area (Å²) in [5.41, 5.74) is 2.47. The minimum Gasteiger partial charge on any atom is -0.309 e. The number of hydrogen-bond donors (Lipinski definition) is 1. The molecule has 0 heterocycles. The van der Waals surface area contributed by atoms with E-state index in [1.807, 2.05) is 18.2 Å². The van der Waals surface area contributed by atoms with Crippen molar-refractivity contribution >= 4 is 43.5 Å². The summed E-state index contributed by atoms with van der Waals surface area (Å²) in [5, 5.41) is 4.16. The lowest BCUT2D eigenvalue weighted by Crippen LogP contribution is -2.12. The highest BCUT2D eigenvalue weighted by Crippen LogP contribution is 2.21. The predicted molar refractivity (Wildman–Crippen MR) is 83.8 cm³/mol. The molecular weight excluding hydrogens is 377 g/mol. The summed E-state index contributed by atoms with van der Waals surface area (Å²) in [6.07, 6.45) is 0. The Balaban J connectivity index is 1.90. The van der Waals surface area contributed by atoms with Crippen molar-refractivity contribution in [3.05, 3.63) is 67.6 Å². The Kier molecular flexibility index (Phi) is 5.25. The van der Waals surface area contributed by atoms with E-state index in [9.17, 15) is 0 Å². The van der Waals surface area contributed by atoms with Crippen LogP contribution in [-0.2, 0) is 13.1 Å². The van der Waals surface area contributed by atoms with Crippen molar-refractivity contribution < 1.29 is 0 Å². The Bertz CT molecular complexity index is 526. The quantitative estimate of drug-likeness (QED) is 0.762. The molecule has 94 valence electrons. The summed E-state index contributed by atoms with van der Waals surface area (Å²) in [6, 6.07) is 14.2. The van der Waals surface area contributed by atoms with Crippen LogP contribution in [0.1, 0.15) is 11.1 Å². The topological polar surface area (TPSA) is 12.0 Å². The van der Waals surface area contributed by atoms with Crippen LogP contribution in [0, 0.1) is 0 Å². The van der Waals surface area contributed by atoms with Gasteiger partial charge in [0.1, 0.15) is 0 Å². The zero-order chi connectivity index (χ0) is 13.0. The van der Waals surface area contributed by atoms with Gasteiger partial charge in [-0.3, -0.25) is 0 Å². The lowest BCUT2D eigenvalue weighted by Gasteiger charge is -2.07. The van der Waals surface area contributed by atoms with Crippen molar-refractivity contribution in [2.45, 2.75) is 13.1 Å². The molecule has 0 saturated heterocycles. The molecular formula is C14H12Br2ClN. The average Bonchev–Trinajstić information content (AvgIpc) is 2.34. The molecule has 0 aliphatic heterocycles. The Hall–Kier alpha value is -0.350. The fourth-order valence-corrected chi connectivity index (χ4v) is 2.70. The number of hydrogen-bond acceptors (Lipinski definition) is 1. The molecule has 0 spiro atoms. The summed E-state index contributed by atoms with van der Waals surface area (Å²) in [4.78, 5) is 0. The van der Waals surface area contributed by atoms with Crippen molar-refractivity contribution in [1.82, 2.24) is 5.32 Å². The van der Waals surface area contributed by atoms with Gasteiger partial charge in [0.25, 0.3) is 0 Å². The maximum Gasteiger partial charge on any atom is 0.0417 e. The smallest absolute Gasteiger partial charge is 0.0417 e. The van der Waals surface area contributed by atoms with E-state index in [1.165, 1.54) is 11.1 Å². The molecule has 1 nitrogen and oxygen atoms in total. The lowest BCUT2D eigenvalue weighted by molar-refractivity contribution is 0.691. The van der Waals surface area contributed by atoms with E-state index >= 15 is 0 Å². The van der Waals surface area contributed by atoms with E-state index in [1.54, 1.807) is 0 Å². The highest BCUT2D eigenvalue weighted by Gasteiger charge is 2.00. The molecule has 0 radical (unpaired) electrons. The van der Waals surface area contributed by atoms with Gasteiger partial charge in [-0.25, -0.2) is 0 Å². The number of nitrogens with one attached hydrogen (secondary N) is 1. The van der Waals surface area contributed by atoms with Crippen LogP contribution in [-0.4, -0.2) is 0 Å². The first-order valence-electron chi connectivity index (χ1n) is 5.54. The molecule has 0 atom stereocenters. The molecule has 2 aromatic rings. The molecule has 2 rings (SSSR count). The molecule has 18 heavy (non-hydrogen) atoms. The summed E-state index contributed by atoms with van der Waals surface area (Å²) in [6.45, 7) is 1.66. The van der Waals surface area contributed by atoms with E-state index in [-0.39, 0.29) is 0 Å². The van der Waals surface area contributed by atoms with Gasteiger partial charge in [-0.2, -0.15) is 0 Å². The highest BCUT2D eigenvalue weighted by atomic mass is 79.9. The van der Waals surface area contributed by atoms with Gasteiger partial charge in [0.2, 0.25) is 0 Å². The molecule has 0 aliphatic carbocycles. The second kappa shape index (κ2) is 6.71. The summed E-state index contributed by atoms with van der Waals surface area (Å²) in [5.74, 6) is 0. The second-order valence-corrected chi connectivity index (χ2v) is 6.17. The molecule has 0 unspecified atom stereocenters. The van der Waals surface area contributed by atoms with Crippen LogP contribution in [0.3, 0.4) is 0 Å². The van der Waals surface area contributed by atoms with Crippen molar-refractivity contribution in [2.75, 3.05) is 0 Å². The van der Waals surface area contributed by atoms with Gasteiger partial charge in [-0.15, -0.1) is 0 Å². The predicted octanol–water partition coefficient (Wildman–Crippen LogP) is 5.15. The first kappa shape index (κ1) is 14.1. The maximum atomic E-state index is 5.91. The van der Waals surface area contributed by atoms with Gasteiger partial charge in [0, 0.05) is 27.1 Å². The summed E-state index contributed by atoms with van der Waals surface area (Å²) < 4.78 is 2.14. The van der Waals surface area contributed by atoms with Gasteiger partial charge in [-0.05, 0) is 35.4 Å². The van der Waals surface area contributed by atoms with Crippen molar-refractivity contribution in [3.8, 4) is 0 Å². The Morgan fingerprint density at radius 2 is 1.67 bits per heavy atom. The molecule has 1 N–H and O–H groups in total. The average molecular weight is 390 g/mol. The molecule has 0 bridgehead atoms. The Labute approximate surface area is 129 Å². The van der Waals surface area contributed by atoms with E-state index in [4.69, 9.17) is 11.6 Å². The third-order valence-corrected chi connectivity index (χ3v) is 4.07. The zero-order valence-corrected chi connectivity index (χ0v) is 13.5. The van der Waals surface area contributed by atoms with E-state index < -0.39 is 0 Å². The molecule has 0 fully saturated rings. The normalized spacial score (nSPS) is 10.6. The molecule has 2 aromatic carbocycles. The second-order valence-electron chi connectivity index (χ2n) is 3.97. The third kappa shape index (κ3) is 4.09. The first-order chi connectivity index (χ1) is 8.65. The van der Waals surface area contributed by atoms with Gasteiger partial charge in [-0.1, -0.05) is 61.7 Å². The van der Waals surface area contributed by atoms with Crippen LogP contribution in [0.25, 0.3) is 0 Å². The first-order valence-corrected chi connectivity index (χ1v) is 7.50. The van der Waals surface area contributed by atoms with Crippen LogP contribution < -0.4 is 5.32 Å². The van der Waals surface area contributed by atoms with Crippen LogP contribution in [0.15, 0.2) is 51.4 Å². The van der Waals surface area contributed by atoms with Crippen LogP contribution >= 0.6 is 43.5 Å². The Morgan fingerprint density at radius 1 is 0.944 bits per heavy atom. The van der Waals surface area contributed by atoms with Gasteiger partial charge in [0.05, 0.1) is 0 Å². The summed E-state index contributed by atoms with van der Waals surface area (Å²) >= 11 is 12.8. The van der Waals surface area contributed by atoms with Crippen LogP contribution in [0.2, 0.25) is 5.02 Å². The standard InChI is InChI=1S/C14H12Br2ClN/c15-12-4-1-10(2-5-12)8-18-9-11-3-6-13(17)7-14(11)16/h1-7,18H,8-9H2. The monoisotopic (exact) mass is 387 g/mol. The van der Waals surface area contributed by atoms with Gasteiger partial charge >= 0.3 is 0 Å². The largest absolute Gasteiger partial charge is 0.309 e. The molecule has 0 saturated carbocycles. The van der Waals surface area contributed by atoms with Crippen LogP contribution in [0.5, 0.6) is 0 Å². The fraction of sp³-hybridized carbons (Fsp3) is 0.143. The number of halogens is 3. The minimum absolute atomic E-state index is 0.749. The van der Waals surface area contributed by atoms with Gasteiger partial charge < -0.3 is 5.32 Å². The van der Waals surface area contributed by atoms with Crippen molar-refractivity contribution in [1.29, 1.82) is 0 Å². The molecule has 4 heteroatoms. The number of benzene rings is 2. The highest BCUT2D eigenvalue weighted by molar-refractivity contribution is 9.10. The molecule has 0 aliphatic rings. The Morgan fingerprint density at radius 3 is 2.33 bits per heavy atom. The van der Waals surface area contributed by atoms with Crippen molar-refractivity contribution in [3.63, 3.8) is 0 Å². The zero-order valence-electron chi connectivity index (χ0n) is 9.59. The number of rotatable bonds is 4. The summed E-state index contributed by atoms with van der Waals surface area (Å²) in [7, 11) is 0. The fourth-order valence-electron chi connectivity index (χ4n) is 1.61. The van der Waals surface area contributed by atoms with E-state index in [0.717, 1.165) is 27.1 Å². The van der Waals surface area contributed by atoms with Crippen LogP contribution in [0.4, 0.5) is 0 Å². The molecule has 0 amide bonds.